The highest BCUT2D eigenvalue weighted by atomic mass is 32.2. The number of ether oxygens (including phenoxy) is 1. The summed E-state index contributed by atoms with van der Waals surface area (Å²) in [6.07, 6.45) is 0. The van der Waals surface area contributed by atoms with Crippen LogP contribution in [0.4, 0.5) is 5.69 Å². The van der Waals surface area contributed by atoms with Gasteiger partial charge in [0.05, 0.1) is 11.4 Å². The molecule has 2 aromatic carbocycles. The van der Waals surface area contributed by atoms with Crippen LogP contribution in [0.2, 0.25) is 25.7 Å². The van der Waals surface area contributed by atoms with Gasteiger partial charge in [-0.2, -0.15) is 0 Å². The number of carbonyl (C=O) groups excluding carboxylic acids is 2. The van der Waals surface area contributed by atoms with Gasteiger partial charge in [-0.3, -0.25) is 9.59 Å². The van der Waals surface area contributed by atoms with Crippen LogP contribution in [0.1, 0.15) is 15.9 Å². The largest absolute Gasteiger partial charge is 0.482 e. The summed E-state index contributed by atoms with van der Waals surface area (Å²) in [7, 11) is -1.29. The molecule has 4 rings (SSSR count). The Bertz CT molecular complexity index is 1120. The normalized spacial score (nSPS) is 13.9. The molecular weight excluding hydrogens is 442 g/mol. The molecule has 7 heteroatoms. The van der Waals surface area contributed by atoms with Gasteiger partial charge in [0, 0.05) is 30.6 Å². The van der Waals surface area contributed by atoms with Gasteiger partial charge >= 0.3 is 0 Å². The minimum atomic E-state index is -1.29. The molecule has 1 aliphatic rings. The average Bonchev–Trinajstić information content (AvgIpc) is 3.19. The van der Waals surface area contributed by atoms with Crippen LogP contribution < -0.4 is 9.64 Å². The zero-order valence-electron chi connectivity index (χ0n) is 18.1. The molecule has 0 aliphatic carbocycles. The Morgan fingerprint density at radius 3 is 2.81 bits per heavy atom. The first-order valence-electron chi connectivity index (χ1n) is 10.4. The maximum atomic E-state index is 12.8. The summed E-state index contributed by atoms with van der Waals surface area (Å²) >= 11 is 3.36. The second kappa shape index (κ2) is 9.18. The number of thiophene rings is 1. The second-order valence-electron chi connectivity index (χ2n) is 9.04. The number of rotatable bonds is 8. The molecule has 0 fully saturated rings. The fourth-order valence-corrected chi connectivity index (χ4v) is 6.05. The van der Waals surface area contributed by atoms with E-state index in [4.69, 9.17) is 4.74 Å². The van der Waals surface area contributed by atoms with E-state index in [1.54, 1.807) is 28.0 Å². The highest BCUT2D eigenvalue weighted by Crippen LogP contribution is 2.34. The van der Waals surface area contributed by atoms with Crippen molar-refractivity contribution in [2.75, 3.05) is 23.8 Å². The molecule has 0 spiro atoms. The third kappa shape index (κ3) is 5.40. The standard InChI is InChI=1S/C24H27NO3S2Si/c1-31(2,3)11-9-25-20-13-18(5-6-22(20)28-14-24(25)27)21(26)16-29-15-17-4-7-23-19(12-17)8-10-30-23/h4-8,10,12-13H,9,11,14-16H2,1-3H3. The van der Waals surface area contributed by atoms with E-state index in [-0.39, 0.29) is 18.3 Å². The molecule has 4 nitrogen and oxygen atoms in total. The van der Waals surface area contributed by atoms with Crippen molar-refractivity contribution in [3.63, 3.8) is 0 Å². The zero-order valence-corrected chi connectivity index (χ0v) is 20.8. The lowest BCUT2D eigenvalue weighted by Crippen LogP contribution is -2.41. The third-order valence-electron chi connectivity index (χ3n) is 5.33. The molecule has 31 heavy (non-hydrogen) atoms. The smallest absolute Gasteiger partial charge is 0.265 e. The Morgan fingerprint density at radius 2 is 2.00 bits per heavy atom. The number of fused-ring (bicyclic) bond motifs is 2. The van der Waals surface area contributed by atoms with Crippen LogP contribution in [-0.4, -0.2) is 38.7 Å². The van der Waals surface area contributed by atoms with Crippen molar-refractivity contribution >= 4 is 58.6 Å². The minimum absolute atomic E-state index is 0.0338. The van der Waals surface area contributed by atoms with Crippen molar-refractivity contribution in [3.8, 4) is 5.75 Å². The number of nitrogens with zero attached hydrogens (tertiary/aromatic N) is 1. The highest BCUT2D eigenvalue weighted by molar-refractivity contribution is 7.99. The minimum Gasteiger partial charge on any atom is -0.482 e. The molecule has 0 atom stereocenters. The SMILES string of the molecule is C[Si](C)(C)CCN1C(=O)COc2ccc(C(=O)CSCc3ccc4sccc4c3)cc21. The lowest BCUT2D eigenvalue weighted by molar-refractivity contribution is -0.121. The molecule has 1 aliphatic heterocycles. The van der Waals surface area contributed by atoms with Gasteiger partial charge in [0.2, 0.25) is 0 Å². The van der Waals surface area contributed by atoms with Gasteiger partial charge in [-0.15, -0.1) is 23.1 Å². The summed E-state index contributed by atoms with van der Waals surface area (Å²) < 4.78 is 6.89. The first-order valence-corrected chi connectivity index (χ1v) is 16.2. The lowest BCUT2D eigenvalue weighted by Gasteiger charge is -2.31. The van der Waals surface area contributed by atoms with Gasteiger partial charge in [0.15, 0.2) is 12.4 Å². The monoisotopic (exact) mass is 469 g/mol. The van der Waals surface area contributed by atoms with Crippen molar-refractivity contribution in [1.29, 1.82) is 0 Å². The van der Waals surface area contributed by atoms with Gasteiger partial charge in [-0.1, -0.05) is 25.7 Å². The fourth-order valence-electron chi connectivity index (χ4n) is 3.52. The van der Waals surface area contributed by atoms with Crippen LogP contribution in [0.15, 0.2) is 47.8 Å². The number of thioether (sulfide) groups is 1. The van der Waals surface area contributed by atoms with E-state index >= 15 is 0 Å². The molecule has 1 aromatic heterocycles. The number of anilines is 1. The Balaban J connectivity index is 1.42. The Morgan fingerprint density at radius 1 is 1.16 bits per heavy atom. The Kier molecular flexibility index (Phi) is 6.55. The van der Waals surface area contributed by atoms with Gasteiger partial charge in [-0.05, 0) is 58.8 Å². The molecular formula is C24H27NO3S2Si. The van der Waals surface area contributed by atoms with Crippen LogP contribution in [0, 0.1) is 0 Å². The molecule has 3 aromatic rings. The summed E-state index contributed by atoms with van der Waals surface area (Å²) in [6.45, 7) is 7.64. The van der Waals surface area contributed by atoms with Gasteiger partial charge < -0.3 is 9.64 Å². The summed E-state index contributed by atoms with van der Waals surface area (Å²) in [6, 6.07) is 15.1. The van der Waals surface area contributed by atoms with Crippen LogP contribution in [-0.2, 0) is 10.5 Å². The van der Waals surface area contributed by atoms with E-state index in [0.717, 1.165) is 17.5 Å². The first-order chi connectivity index (χ1) is 14.8. The maximum Gasteiger partial charge on any atom is 0.265 e. The number of ketones is 1. The van der Waals surface area contributed by atoms with Crippen molar-refractivity contribution < 1.29 is 14.3 Å². The highest BCUT2D eigenvalue weighted by Gasteiger charge is 2.28. The summed E-state index contributed by atoms with van der Waals surface area (Å²) in [5.41, 5.74) is 2.59. The molecule has 1 amide bonds. The number of hydrogen-bond donors (Lipinski definition) is 0. The molecule has 0 saturated heterocycles. The van der Waals surface area contributed by atoms with E-state index < -0.39 is 8.07 Å². The summed E-state index contributed by atoms with van der Waals surface area (Å²) in [5.74, 6) is 1.93. The number of hydrogen-bond acceptors (Lipinski definition) is 5. The molecule has 0 bridgehead atoms. The summed E-state index contributed by atoms with van der Waals surface area (Å²) in [4.78, 5) is 27.1. The molecule has 0 unspecified atom stereocenters. The number of Topliss-reactive ketones (excluding diaryl/α,β-unsaturated/α-hetero) is 1. The van der Waals surface area contributed by atoms with E-state index in [1.807, 2.05) is 18.2 Å². The molecule has 0 saturated carbocycles. The van der Waals surface area contributed by atoms with Crippen LogP contribution >= 0.6 is 23.1 Å². The van der Waals surface area contributed by atoms with Crippen molar-refractivity contribution in [1.82, 2.24) is 0 Å². The molecule has 0 radical (unpaired) electrons. The van der Waals surface area contributed by atoms with Gasteiger partial charge in [0.1, 0.15) is 5.75 Å². The van der Waals surface area contributed by atoms with E-state index in [0.29, 0.717) is 23.6 Å². The number of carbonyl (C=O) groups is 2. The van der Waals surface area contributed by atoms with E-state index in [9.17, 15) is 9.59 Å². The van der Waals surface area contributed by atoms with E-state index in [2.05, 4.69) is 49.3 Å². The average molecular weight is 470 g/mol. The number of amides is 1. The van der Waals surface area contributed by atoms with Crippen molar-refractivity contribution in [3.05, 3.63) is 59.0 Å². The fraction of sp³-hybridized carbons (Fsp3) is 0.333. The molecule has 0 N–H and O–H groups in total. The van der Waals surface area contributed by atoms with E-state index in [1.165, 1.54) is 15.6 Å². The van der Waals surface area contributed by atoms with Crippen LogP contribution in [0.25, 0.3) is 10.1 Å². The van der Waals surface area contributed by atoms with Crippen molar-refractivity contribution in [2.45, 2.75) is 31.4 Å². The number of benzene rings is 2. The Hall–Kier alpha value is -2.09. The maximum absolute atomic E-state index is 12.8. The second-order valence-corrected chi connectivity index (χ2v) is 16.6. The van der Waals surface area contributed by atoms with Crippen LogP contribution in [0.5, 0.6) is 5.75 Å². The quantitative estimate of drug-likeness (QED) is 0.296. The third-order valence-corrected chi connectivity index (χ3v) is 8.95. The molecule has 162 valence electrons. The van der Waals surface area contributed by atoms with Crippen LogP contribution in [0.3, 0.4) is 0 Å². The zero-order chi connectivity index (χ0) is 22.0. The summed E-state index contributed by atoms with van der Waals surface area (Å²) in [5, 5.41) is 3.36. The first kappa shape index (κ1) is 22.1. The lowest BCUT2D eigenvalue weighted by atomic mass is 10.1. The topological polar surface area (TPSA) is 46.6 Å². The predicted octanol–water partition coefficient (Wildman–Crippen LogP) is 6.08. The molecule has 2 heterocycles. The van der Waals surface area contributed by atoms with Gasteiger partial charge in [0.25, 0.3) is 5.91 Å². The van der Waals surface area contributed by atoms with Gasteiger partial charge in [-0.25, -0.2) is 0 Å². The Labute approximate surface area is 192 Å². The predicted molar refractivity (Wildman–Crippen MR) is 135 cm³/mol. The van der Waals surface area contributed by atoms with Crippen molar-refractivity contribution in [2.24, 2.45) is 0 Å².